The van der Waals surface area contributed by atoms with Crippen LogP contribution in [0.5, 0.6) is 0 Å². The zero-order valence-corrected chi connectivity index (χ0v) is 64.8. The summed E-state index contributed by atoms with van der Waals surface area (Å²) in [6.45, 7) is 2.60. The van der Waals surface area contributed by atoms with Crippen molar-refractivity contribution in [1.82, 2.24) is 76.9 Å². The number of ketones is 4. The minimum Gasteiger partial charge on any atom is -0.388 e. The lowest BCUT2D eigenvalue weighted by atomic mass is 9.82. The number of guanidine groups is 1. The summed E-state index contributed by atoms with van der Waals surface area (Å²) in [4.78, 5) is 209. The lowest BCUT2D eigenvalue weighted by Crippen LogP contribution is -2.60. The van der Waals surface area contributed by atoms with Crippen molar-refractivity contribution in [3.63, 3.8) is 0 Å². The van der Waals surface area contributed by atoms with Gasteiger partial charge in [0.05, 0.1) is 41.8 Å². The van der Waals surface area contributed by atoms with Gasteiger partial charge in [0.1, 0.15) is 59.6 Å². The summed E-state index contributed by atoms with van der Waals surface area (Å²) in [5, 5.41) is 38.0. The lowest BCUT2D eigenvalue weighted by Gasteiger charge is -2.31. The third-order valence-corrected chi connectivity index (χ3v) is 24.2. The van der Waals surface area contributed by atoms with Crippen LogP contribution in [0, 0.1) is 40.4 Å². The third-order valence-electron chi connectivity index (χ3n) is 21.7. The molecular formula is C81H95N19O12S2. The third kappa shape index (κ3) is 20.9. The van der Waals surface area contributed by atoms with Crippen LogP contribution in [-0.2, 0) is 96.1 Å². The summed E-state index contributed by atoms with van der Waals surface area (Å²) >= 11 is 0. The van der Waals surface area contributed by atoms with E-state index in [-0.39, 0.29) is 88.2 Å². The van der Waals surface area contributed by atoms with Crippen molar-refractivity contribution in [3.8, 4) is 0 Å². The Morgan fingerprint density at radius 2 is 1.02 bits per heavy atom. The largest absolute Gasteiger partial charge is 0.388 e. The molecule has 33 heteroatoms. The number of rotatable bonds is 15. The second kappa shape index (κ2) is 37.7. The molecule has 17 N–H and O–H groups in total. The van der Waals surface area contributed by atoms with Gasteiger partial charge < -0.3 is 78.4 Å². The van der Waals surface area contributed by atoms with Crippen LogP contribution < -0.4 is 48.7 Å². The van der Waals surface area contributed by atoms with Gasteiger partial charge in [-0.3, -0.25) is 68.4 Å². The highest BCUT2D eigenvalue weighted by atomic mass is 33.1. The van der Waals surface area contributed by atoms with E-state index in [0.717, 1.165) is 32.5 Å². The molecule has 0 unspecified atom stereocenters. The van der Waals surface area contributed by atoms with Crippen molar-refractivity contribution in [2.75, 3.05) is 24.6 Å². The molecule has 31 nitrogen and oxygen atoms in total. The Morgan fingerprint density at radius 3 is 1.62 bits per heavy atom. The lowest BCUT2D eigenvalue weighted by molar-refractivity contribution is -0.143. The SMILES string of the molecule is C[C@@H]1CC(=O)[C@@H]2CSSC[C@H](NC(=O)[C@H](Cc3c[nH]c4ccccc34)NC(=O)[C@@H]3C[C@@H](CC(=N)N)CN3C(=O)[C@@H](Cc3ccccc3)NC(=O)[C@H](Cc3c[nH]cn3)CC1=O)C(=O)N[C@@H](C)C(=O)N[C@@H](Cc1c[nH]cn1)C(=O)N[C@H](Cc1ccccc1)C(=O)N1C[C@H](NC(=N)N)C[C@H]1C(=O)C[C@@H](Cc1c[nH]c3ccccc13)C(=O)C2. The number of hydrogen-bond acceptors (Lipinski definition) is 18. The fourth-order valence-electron chi connectivity index (χ4n) is 15.7. The number of H-pyrrole nitrogens is 4. The first-order valence-electron chi connectivity index (χ1n) is 38.2. The van der Waals surface area contributed by atoms with Gasteiger partial charge in [0.2, 0.25) is 47.3 Å². The van der Waals surface area contributed by atoms with E-state index >= 15 is 52.7 Å². The molecule has 114 heavy (non-hydrogen) atoms. The fraction of sp³-hybridized carbons (Fsp3) is 0.407. The van der Waals surface area contributed by atoms with Gasteiger partial charge in [-0.15, -0.1) is 0 Å². The number of benzene rings is 4. The number of amides is 8. The number of carbonyl (C=O) groups is 12. The first-order valence-corrected chi connectivity index (χ1v) is 40.7. The maximum absolute atomic E-state index is 15.8. The summed E-state index contributed by atoms with van der Waals surface area (Å²) in [5.41, 5.74) is 16.5. The topological polar surface area (TPSA) is 484 Å². The molecule has 4 aromatic carbocycles. The van der Waals surface area contributed by atoms with Crippen LogP contribution in [0.1, 0.15) is 92.4 Å². The van der Waals surface area contributed by atoms with Crippen LogP contribution >= 0.6 is 21.6 Å². The molecule has 8 heterocycles. The Morgan fingerprint density at radius 1 is 0.482 bits per heavy atom. The Kier molecular flexibility index (Phi) is 27.0. The fourth-order valence-corrected chi connectivity index (χ4v) is 18.2. The van der Waals surface area contributed by atoms with Crippen LogP contribution in [0.25, 0.3) is 21.8 Å². The number of para-hydroxylation sites is 2. The minimum absolute atomic E-state index is 0.0266. The Bertz CT molecular complexity index is 4550. The Hall–Kier alpha value is -11.7. The van der Waals surface area contributed by atoms with E-state index in [1.807, 2.05) is 42.5 Å². The molecule has 0 saturated carbocycles. The van der Waals surface area contributed by atoms with Crippen molar-refractivity contribution in [2.45, 2.75) is 152 Å². The number of nitrogens with two attached hydrogens (primary N) is 2. The van der Waals surface area contributed by atoms with Gasteiger partial charge in [-0.05, 0) is 66.5 Å². The number of imidazole rings is 2. The van der Waals surface area contributed by atoms with Gasteiger partial charge in [-0.1, -0.05) is 126 Å². The van der Waals surface area contributed by atoms with Crippen LogP contribution in [-0.4, -0.2) is 201 Å². The summed E-state index contributed by atoms with van der Waals surface area (Å²) in [6.07, 6.45) is 6.47. The molecule has 4 aliphatic rings. The maximum Gasteiger partial charge on any atom is 0.246 e. The molecule has 14 atom stereocenters. The van der Waals surface area contributed by atoms with Gasteiger partial charge in [-0.25, -0.2) is 9.97 Å². The first kappa shape index (κ1) is 81.7. The molecule has 598 valence electrons. The minimum atomic E-state index is -1.58. The van der Waals surface area contributed by atoms with Crippen LogP contribution in [0.15, 0.2) is 147 Å². The second-order valence-electron chi connectivity index (χ2n) is 30.1. The second-order valence-corrected chi connectivity index (χ2v) is 32.7. The Balaban J connectivity index is 0.961. The number of nitrogens with one attached hydrogen (secondary N) is 13. The van der Waals surface area contributed by atoms with E-state index in [1.165, 1.54) is 35.6 Å². The molecule has 0 radical (unpaired) electrons. The number of aromatic amines is 4. The number of carbonyl (C=O) groups excluding carboxylic acids is 12. The molecule has 8 amide bonds. The highest BCUT2D eigenvalue weighted by Crippen LogP contribution is 2.34. The van der Waals surface area contributed by atoms with Gasteiger partial charge in [-0.2, -0.15) is 0 Å². The standard InChI is InChI=1S/C81H95N19O12S2/c1-44-21-69(102)53-31-70(103)49(26-51-34-88-59-19-11-9-17-57(51)59)29-71(104)66-33-56(93-81(84)85)39-100(66)80(112)64(23-47-15-7-4-8-16-47)97-76(108)62(32-55-37-87-43-91-55)94-73(105)45(2)92-77(109)65(41-114-113-40-53)98-75(107)61(28-52-35-89-60-20-12-10-18-58(52)60)95-78(110)67-24-48(25-72(82)83)38-99(67)79(111)63(22-46-13-5-3-6-14-46)96-74(106)50(30-68(44)101)27-54-36-86-42-90-54/h3-20,34-37,42-45,48-50,53,56,61-67,88-89H,21-33,38-41H2,1-2H3,(H3,82,83)(H,86,90)(H,87,91)(H,92,109)(H,94,105)(H,95,110)(H,96,106)(H,97,108)(H,98,107)(H4,84,85,93)/t44-,45+,48+,49-,50-,53+,56-,61+,62+,63-,64-,65+,66+,67+/m1/s1. The first-order chi connectivity index (χ1) is 54.9. The highest BCUT2D eigenvalue weighted by molar-refractivity contribution is 8.76. The van der Waals surface area contributed by atoms with E-state index in [1.54, 1.807) is 92.2 Å². The molecule has 12 rings (SSSR count). The van der Waals surface area contributed by atoms with Crippen LogP contribution in [0.4, 0.5) is 0 Å². The van der Waals surface area contributed by atoms with Crippen molar-refractivity contribution in [3.05, 3.63) is 180 Å². The number of Topliss-reactive ketones (excluding diaryl/α,β-unsaturated/α-hetero) is 4. The van der Waals surface area contributed by atoms with E-state index in [4.69, 9.17) is 22.3 Å². The summed E-state index contributed by atoms with van der Waals surface area (Å²) in [5.74, 6) is -15.0. The average Bonchev–Trinajstić information content (AvgIpc) is 1.65. The predicted octanol–water partition coefficient (Wildman–Crippen LogP) is 3.51. The molecule has 4 aliphatic heterocycles. The van der Waals surface area contributed by atoms with Crippen molar-refractivity contribution >= 4 is 126 Å². The average molecular weight is 1590 g/mol. The summed E-state index contributed by atoms with van der Waals surface area (Å²) in [6, 6.07) is 19.9. The number of fused-ring (bicyclic) bond motifs is 9. The van der Waals surface area contributed by atoms with Crippen LogP contribution in [0.2, 0.25) is 0 Å². The van der Waals surface area contributed by atoms with E-state index in [9.17, 15) is 4.79 Å². The van der Waals surface area contributed by atoms with E-state index in [2.05, 4.69) is 67.1 Å². The smallest absolute Gasteiger partial charge is 0.246 e. The zero-order chi connectivity index (χ0) is 80.7. The monoisotopic (exact) mass is 1590 g/mol. The van der Waals surface area contributed by atoms with E-state index < -0.39 is 186 Å². The van der Waals surface area contributed by atoms with Crippen molar-refractivity contribution in [1.29, 1.82) is 10.8 Å². The summed E-state index contributed by atoms with van der Waals surface area (Å²) < 4.78 is 0. The molecule has 4 aromatic heterocycles. The normalized spacial score (nSPS) is 26.2. The van der Waals surface area contributed by atoms with Gasteiger partial charge in [0, 0.05) is 159 Å². The number of amidine groups is 1. The quantitative estimate of drug-likeness (QED) is 0.0397. The maximum atomic E-state index is 15.8. The highest BCUT2D eigenvalue weighted by Gasteiger charge is 2.47. The number of aromatic nitrogens is 6. The summed E-state index contributed by atoms with van der Waals surface area (Å²) in [7, 11) is 2.09. The molecule has 4 saturated heterocycles. The Labute approximate surface area is 664 Å². The molecule has 8 aromatic rings. The van der Waals surface area contributed by atoms with Crippen molar-refractivity contribution < 1.29 is 57.5 Å². The molecular weight excluding hydrogens is 1500 g/mol. The van der Waals surface area contributed by atoms with Gasteiger partial charge in [0.25, 0.3) is 0 Å². The molecule has 4 fully saturated rings. The van der Waals surface area contributed by atoms with Gasteiger partial charge in [0.15, 0.2) is 11.7 Å². The molecule has 0 aliphatic carbocycles. The van der Waals surface area contributed by atoms with Gasteiger partial charge >= 0.3 is 0 Å². The number of hydrogen-bond donors (Lipinski definition) is 15. The van der Waals surface area contributed by atoms with Crippen molar-refractivity contribution in [2.24, 2.45) is 41.1 Å². The number of nitrogens with zero attached hydrogens (tertiary/aromatic N) is 4. The zero-order valence-electron chi connectivity index (χ0n) is 63.1. The molecule has 0 spiro atoms. The predicted molar refractivity (Wildman–Crippen MR) is 428 cm³/mol. The molecule has 2 bridgehead atoms. The van der Waals surface area contributed by atoms with Crippen LogP contribution in [0.3, 0.4) is 0 Å². The van der Waals surface area contributed by atoms with E-state index in [0.29, 0.717) is 44.5 Å².